The molecule has 1 aliphatic carbocycles. The van der Waals surface area contributed by atoms with Crippen LogP contribution in [0.2, 0.25) is 0 Å². The molecular weight excluding hydrogens is 232 g/mol. The standard InChI is InChI=1S/C17H26N2/c1-14-6-5-9-17-16(14)12-18-10-11-19(17)13-15-7-3-2-4-8-15/h5-6,9,15,18H,2-4,7-8,10-13H2,1H3. The van der Waals surface area contributed by atoms with Crippen LogP contribution in [0.3, 0.4) is 0 Å². The van der Waals surface area contributed by atoms with Crippen LogP contribution in [0.4, 0.5) is 5.69 Å². The molecule has 1 aromatic carbocycles. The lowest BCUT2D eigenvalue weighted by molar-refractivity contribution is 0.358. The SMILES string of the molecule is Cc1cccc2c1CNCCN2CC1CCCCC1. The molecule has 0 spiro atoms. The van der Waals surface area contributed by atoms with Crippen LogP contribution in [-0.2, 0) is 6.54 Å². The van der Waals surface area contributed by atoms with Crippen molar-refractivity contribution in [3.8, 4) is 0 Å². The van der Waals surface area contributed by atoms with E-state index in [1.807, 2.05) is 0 Å². The van der Waals surface area contributed by atoms with Crippen molar-refractivity contribution in [3.63, 3.8) is 0 Å². The Morgan fingerprint density at radius 1 is 1.21 bits per heavy atom. The first-order valence-corrected chi connectivity index (χ1v) is 7.89. The molecule has 2 nitrogen and oxygen atoms in total. The Bertz CT molecular complexity index is 421. The Balaban J connectivity index is 1.79. The molecule has 0 atom stereocenters. The molecule has 0 radical (unpaired) electrons. The number of fused-ring (bicyclic) bond motifs is 1. The van der Waals surface area contributed by atoms with Gasteiger partial charge in [0, 0.05) is 31.9 Å². The maximum Gasteiger partial charge on any atom is 0.0415 e. The molecule has 104 valence electrons. The molecule has 0 saturated heterocycles. The van der Waals surface area contributed by atoms with E-state index in [-0.39, 0.29) is 0 Å². The van der Waals surface area contributed by atoms with Crippen LogP contribution >= 0.6 is 0 Å². The molecule has 1 heterocycles. The van der Waals surface area contributed by atoms with E-state index in [0.29, 0.717) is 0 Å². The molecule has 0 aromatic heterocycles. The maximum atomic E-state index is 3.57. The fourth-order valence-corrected chi connectivity index (χ4v) is 3.63. The van der Waals surface area contributed by atoms with Gasteiger partial charge in [0.1, 0.15) is 0 Å². The van der Waals surface area contributed by atoms with Gasteiger partial charge in [-0.2, -0.15) is 0 Å². The minimum Gasteiger partial charge on any atom is -0.370 e. The predicted octanol–water partition coefficient (Wildman–Crippen LogP) is 3.48. The van der Waals surface area contributed by atoms with Crippen LogP contribution in [0.1, 0.15) is 43.2 Å². The van der Waals surface area contributed by atoms with E-state index in [0.717, 1.165) is 25.6 Å². The second-order valence-corrected chi connectivity index (χ2v) is 6.20. The van der Waals surface area contributed by atoms with Crippen LogP contribution in [0.15, 0.2) is 18.2 Å². The van der Waals surface area contributed by atoms with Gasteiger partial charge in [-0.25, -0.2) is 0 Å². The van der Waals surface area contributed by atoms with E-state index < -0.39 is 0 Å². The summed E-state index contributed by atoms with van der Waals surface area (Å²) in [6, 6.07) is 6.77. The summed E-state index contributed by atoms with van der Waals surface area (Å²) in [7, 11) is 0. The van der Waals surface area contributed by atoms with Gasteiger partial charge in [-0.05, 0) is 42.9 Å². The van der Waals surface area contributed by atoms with Crippen molar-refractivity contribution < 1.29 is 0 Å². The van der Waals surface area contributed by atoms with Gasteiger partial charge in [0.25, 0.3) is 0 Å². The number of hydrogen-bond acceptors (Lipinski definition) is 2. The third-order valence-corrected chi connectivity index (χ3v) is 4.79. The number of rotatable bonds is 2. The fraction of sp³-hybridized carbons (Fsp3) is 0.647. The highest BCUT2D eigenvalue weighted by Gasteiger charge is 2.21. The van der Waals surface area contributed by atoms with Gasteiger partial charge >= 0.3 is 0 Å². The monoisotopic (exact) mass is 258 g/mol. The molecule has 1 fully saturated rings. The van der Waals surface area contributed by atoms with Gasteiger partial charge in [0.2, 0.25) is 0 Å². The molecule has 0 amide bonds. The zero-order valence-corrected chi connectivity index (χ0v) is 12.1. The predicted molar refractivity (Wildman–Crippen MR) is 81.7 cm³/mol. The van der Waals surface area contributed by atoms with Crippen LogP contribution in [0.5, 0.6) is 0 Å². The molecule has 1 N–H and O–H groups in total. The van der Waals surface area contributed by atoms with Gasteiger partial charge in [-0.15, -0.1) is 0 Å². The number of nitrogens with zero attached hydrogens (tertiary/aromatic N) is 1. The molecule has 1 aliphatic heterocycles. The zero-order chi connectivity index (χ0) is 13.1. The minimum atomic E-state index is 0.917. The first-order valence-electron chi connectivity index (χ1n) is 7.89. The first-order chi connectivity index (χ1) is 9.34. The third-order valence-electron chi connectivity index (χ3n) is 4.79. The lowest BCUT2D eigenvalue weighted by Gasteiger charge is -2.31. The van der Waals surface area contributed by atoms with Gasteiger partial charge in [0.15, 0.2) is 0 Å². The van der Waals surface area contributed by atoms with Gasteiger partial charge in [-0.3, -0.25) is 0 Å². The summed E-state index contributed by atoms with van der Waals surface area (Å²) < 4.78 is 0. The minimum absolute atomic E-state index is 0.917. The Labute approximate surface area is 117 Å². The average Bonchev–Trinajstić information content (AvgIpc) is 2.64. The normalized spacial score (nSPS) is 21.0. The van der Waals surface area contributed by atoms with Crippen LogP contribution in [0.25, 0.3) is 0 Å². The van der Waals surface area contributed by atoms with E-state index in [1.165, 1.54) is 55.5 Å². The summed E-state index contributed by atoms with van der Waals surface area (Å²) in [6.45, 7) is 6.81. The van der Waals surface area contributed by atoms with Crippen molar-refractivity contribution in [1.29, 1.82) is 0 Å². The van der Waals surface area contributed by atoms with E-state index >= 15 is 0 Å². The van der Waals surface area contributed by atoms with Crippen LogP contribution in [0, 0.1) is 12.8 Å². The highest BCUT2D eigenvalue weighted by molar-refractivity contribution is 5.57. The van der Waals surface area contributed by atoms with Gasteiger partial charge in [-0.1, -0.05) is 31.4 Å². The van der Waals surface area contributed by atoms with Crippen molar-refractivity contribution in [2.45, 2.75) is 45.6 Å². The highest BCUT2D eigenvalue weighted by Crippen LogP contribution is 2.29. The molecular formula is C17H26N2. The quantitative estimate of drug-likeness (QED) is 0.873. The van der Waals surface area contributed by atoms with E-state index in [1.54, 1.807) is 0 Å². The van der Waals surface area contributed by atoms with Crippen LogP contribution < -0.4 is 10.2 Å². The Morgan fingerprint density at radius 2 is 2.05 bits per heavy atom. The smallest absolute Gasteiger partial charge is 0.0415 e. The topological polar surface area (TPSA) is 15.3 Å². The Hall–Kier alpha value is -1.02. The lowest BCUT2D eigenvalue weighted by atomic mass is 9.88. The molecule has 2 aliphatic rings. The Kier molecular flexibility index (Phi) is 4.07. The highest BCUT2D eigenvalue weighted by atomic mass is 15.2. The molecule has 0 unspecified atom stereocenters. The summed E-state index contributed by atoms with van der Waals surface area (Å²) in [6.07, 6.45) is 7.21. The van der Waals surface area contributed by atoms with E-state index in [9.17, 15) is 0 Å². The summed E-state index contributed by atoms with van der Waals surface area (Å²) in [5.74, 6) is 0.917. The number of aryl methyl sites for hydroxylation is 1. The van der Waals surface area contributed by atoms with Crippen molar-refractivity contribution in [2.24, 2.45) is 5.92 Å². The number of benzene rings is 1. The first kappa shape index (κ1) is 13.0. The van der Waals surface area contributed by atoms with E-state index in [4.69, 9.17) is 0 Å². The van der Waals surface area contributed by atoms with Crippen LogP contribution in [-0.4, -0.2) is 19.6 Å². The molecule has 1 aromatic rings. The Morgan fingerprint density at radius 3 is 2.89 bits per heavy atom. The van der Waals surface area contributed by atoms with Crippen molar-refractivity contribution >= 4 is 5.69 Å². The lowest BCUT2D eigenvalue weighted by Crippen LogP contribution is -2.34. The second kappa shape index (κ2) is 5.96. The number of hydrogen-bond donors (Lipinski definition) is 1. The number of anilines is 1. The summed E-state index contributed by atoms with van der Waals surface area (Å²) >= 11 is 0. The third kappa shape index (κ3) is 2.94. The van der Waals surface area contributed by atoms with Crippen molar-refractivity contribution in [1.82, 2.24) is 5.32 Å². The average molecular weight is 258 g/mol. The fourth-order valence-electron chi connectivity index (χ4n) is 3.63. The molecule has 0 bridgehead atoms. The van der Waals surface area contributed by atoms with Gasteiger partial charge < -0.3 is 10.2 Å². The van der Waals surface area contributed by atoms with E-state index in [2.05, 4.69) is 35.3 Å². The summed E-state index contributed by atoms with van der Waals surface area (Å²) in [4.78, 5) is 2.64. The molecule has 19 heavy (non-hydrogen) atoms. The number of nitrogens with one attached hydrogen (secondary N) is 1. The summed E-state index contributed by atoms with van der Waals surface area (Å²) in [5.41, 5.74) is 4.42. The van der Waals surface area contributed by atoms with Crippen molar-refractivity contribution in [2.75, 3.05) is 24.5 Å². The molecule has 2 heteroatoms. The van der Waals surface area contributed by atoms with Gasteiger partial charge in [0.05, 0.1) is 0 Å². The summed E-state index contributed by atoms with van der Waals surface area (Å²) in [5, 5.41) is 3.57. The molecule has 1 saturated carbocycles. The largest absolute Gasteiger partial charge is 0.370 e. The zero-order valence-electron chi connectivity index (χ0n) is 12.1. The molecule has 3 rings (SSSR count). The van der Waals surface area contributed by atoms with Crippen molar-refractivity contribution in [3.05, 3.63) is 29.3 Å². The maximum absolute atomic E-state index is 3.57. The second-order valence-electron chi connectivity index (χ2n) is 6.20.